The van der Waals surface area contributed by atoms with E-state index in [2.05, 4.69) is 0 Å². The van der Waals surface area contributed by atoms with Crippen LogP contribution in [0.2, 0.25) is 0 Å². The van der Waals surface area contributed by atoms with Gasteiger partial charge in [-0.05, 0) is 30.2 Å². The van der Waals surface area contributed by atoms with Gasteiger partial charge in [0.2, 0.25) is 0 Å². The zero-order valence-corrected chi connectivity index (χ0v) is 15.0. The Morgan fingerprint density at radius 1 is 1.12 bits per heavy atom. The standard InChI is InChI=1S/C18H23N2O4P/c1-14-3-2-4-17(11-14)18(21)20(10-9-19)12-15-5-7-16(8-6-15)13-25(22,23)24/h2-8,11H,9-10,12-13,19H2,1H3,(H2,22,23,24). The number of rotatable bonds is 7. The van der Waals surface area contributed by atoms with Crippen molar-refractivity contribution in [3.63, 3.8) is 0 Å². The highest BCUT2D eigenvalue weighted by Gasteiger charge is 2.17. The molecule has 0 saturated heterocycles. The van der Waals surface area contributed by atoms with Gasteiger partial charge < -0.3 is 20.4 Å². The van der Waals surface area contributed by atoms with Crippen molar-refractivity contribution in [1.29, 1.82) is 0 Å². The van der Waals surface area contributed by atoms with Gasteiger partial charge in [0.05, 0.1) is 6.16 Å². The molecular weight excluding hydrogens is 339 g/mol. The first kappa shape index (κ1) is 19.3. The molecule has 0 spiro atoms. The fraction of sp³-hybridized carbons (Fsp3) is 0.278. The Hall–Kier alpha value is -1.98. The van der Waals surface area contributed by atoms with Crippen molar-refractivity contribution in [2.75, 3.05) is 13.1 Å². The summed E-state index contributed by atoms with van der Waals surface area (Å²) < 4.78 is 11.0. The summed E-state index contributed by atoms with van der Waals surface area (Å²) in [6, 6.07) is 14.3. The Morgan fingerprint density at radius 3 is 2.32 bits per heavy atom. The third-order valence-corrected chi connectivity index (χ3v) is 4.51. The first-order valence-corrected chi connectivity index (χ1v) is 9.76. The fourth-order valence-corrected chi connectivity index (χ4v) is 3.26. The number of hydrogen-bond donors (Lipinski definition) is 3. The van der Waals surface area contributed by atoms with Crippen LogP contribution in [-0.2, 0) is 17.3 Å². The van der Waals surface area contributed by atoms with E-state index in [4.69, 9.17) is 15.5 Å². The molecule has 0 saturated carbocycles. The molecule has 0 unspecified atom stereocenters. The van der Waals surface area contributed by atoms with E-state index in [1.807, 2.05) is 25.1 Å². The molecule has 0 aromatic heterocycles. The Morgan fingerprint density at radius 2 is 1.76 bits per heavy atom. The summed E-state index contributed by atoms with van der Waals surface area (Å²) in [5.74, 6) is -0.0894. The van der Waals surface area contributed by atoms with Crippen LogP contribution in [0.3, 0.4) is 0 Å². The molecule has 2 aromatic carbocycles. The van der Waals surface area contributed by atoms with Gasteiger partial charge in [0, 0.05) is 25.2 Å². The van der Waals surface area contributed by atoms with E-state index in [9.17, 15) is 9.36 Å². The quantitative estimate of drug-likeness (QED) is 0.656. The molecule has 0 aliphatic heterocycles. The third-order valence-electron chi connectivity index (χ3n) is 3.74. The molecule has 0 atom stereocenters. The van der Waals surface area contributed by atoms with Crippen molar-refractivity contribution in [3.8, 4) is 0 Å². The van der Waals surface area contributed by atoms with Crippen LogP contribution in [0.5, 0.6) is 0 Å². The molecule has 134 valence electrons. The van der Waals surface area contributed by atoms with Crippen molar-refractivity contribution >= 4 is 13.5 Å². The molecule has 0 aliphatic carbocycles. The topological polar surface area (TPSA) is 104 Å². The average Bonchev–Trinajstić information content (AvgIpc) is 2.54. The van der Waals surface area contributed by atoms with Crippen LogP contribution in [0.1, 0.15) is 27.0 Å². The van der Waals surface area contributed by atoms with E-state index in [-0.39, 0.29) is 12.1 Å². The van der Waals surface area contributed by atoms with Crippen LogP contribution in [0.25, 0.3) is 0 Å². The molecule has 0 fully saturated rings. The lowest BCUT2D eigenvalue weighted by Crippen LogP contribution is -2.34. The summed E-state index contributed by atoms with van der Waals surface area (Å²) in [5, 5.41) is 0. The molecule has 0 bridgehead atoms. The van der Waals surface area contributed by atoms with Gasteiger partial charge >= 0.3 is 7.60 Å². The Labute approximate surface area is 147 Å². The molecule has 2 aromatic rings. The number of nitrogens with two attached hydrogens (primary N) is 1. The van der Waals surface area contributed by atoms with Crippen LogP contribution >= 0.6 is 7.60 Å². The molecule has 2 rings (SSSR count). The lowest BCUT2D eigenvalue weighted by atomic mass is 10.1. The van der Waals surface area contributed by atoms with Crippen molar-refractivity contribution in [2.24, 2.45) is 5.73 Å². The van der Waals surface area contributed by atoms with Crippen molar-refractivity contribution in [3.05, 3.63) is 70.8 Å². The third kappa shape index (κ3) is 6.11. The maximum Gasteiger partial charge on any atom is 0.329 e. The van der Waals surface area contributed by atoms with E-state index in [0.717, 1.165) is 11.1 Å². The van der Waals surface area contributed by atoms with Gasteiger partial charge in [-0.1, -0.05) is 42.0 Å². The molecule has 7 heteroatoms. The van der Waals surface area contributed by atoms with Crippen LogP contribution in [0.4, 0.5) is 0 Å². The van der Waals surface area contributed by atoms with Crippen LogP contribution in [-0.4, -0.2) is 33.7 Å². The van der Waals surface area contributed by atoms with Gasteiger partial charge in [0.15, 0.2) is 0 Å². The zero-order valence-electron chi connectivity index (χ0n) is 14.1. The summed E-state index contributed by atoms with van der Waals surface area (Å²) in [6.45, 7) is 3.11. The molecule has 0 heterocycles. The highest BCUT2D eigenvalue weighted by Crippen LogP contribution is 2.38. The molecule has 0 radical (unpaired) electrons. The highest BCUT2D eigenvalue weighted by atomic mass is 31.2. The summed E-state index contributed by atoms with van der Waals surface area (Å²) in [7, 11) is -4.08. The minimum Gasteiger partial charge on any atom is -0.333 e. The van der Waals surface area contributed by atoms with E-state index >= 15 is 0 Å². The molecule has 1 amide bonds. The number of nitrogens with zero attached hydrogens (tertiary/aromatic N) is 1. The number of amides is 1. The summed E-state index contributed by atoms with van der Waals surface area (Å²) in [4.78, 5) is 32.4. The second-order valence-corrected chi connectivity index (χ2v) is 7.67. The van der Waals surface area contributed by atoms with E-state index in [0.29, 0.717) is 30.8 Å². The second-order valence-electron chi connectivity index (χ2n) is 6.02. The van der Waals surface area contributed by atoms with Gasteiger partial charge in [0.1, 0.15) is 0 Å². The van der Waals surface area contributed by atoms with E-state index in [1.54, 1.807) is 35.2 Å². The molecular formula is C18H23N2O4P. The number of carbonyl (C=O) groups is 1. The lowest BCUT2D eigenvalue weighted by Gasteiger charge is -2.22. The minimum atomic E-state index is -4.08. The number of carbonyl (C=O) groups excluding carboxylic acids is 1. The zero-order chi connectivity index (χ0) is 18.4. The fourth-order valence-electron chi connectivity index (χ4n) is 2.58. The normalized spacial score (nSPS) is 11.4. The van der Waals surface area contributed by atoms with Crippen LogP contribution < -0.4 is 5.73 Å². The van der Waals surface area contributed by atoms with E-state index < -0.39 is 7.60 Å². The summed E-state index contributed by atoms with van der Waals surface area (Å²) >= 11 is 0. The molecule has 6 nitrogen and oxygen atoms in total. The SMILES string of the molecule is Cc1cccc(C(=O)N(CCN)Cc2ccc(CP(=O)(O)O)cc2)c1. The maximum absolute atomic E-state index is 12.7. The second kappa shape index (κ2) is 8.41. The predicted molar refractivity (Wildman–Crippen MR) is 97.2 cm³/mol. The Kier molecular flexibility index (Phi) is 6.51. The van der Waals surface area contributed by atoms with E-state index in [1.165, 1.54) is 0 Å². The van der Waals surface area contributed by atoms with Gasteiger partial charge in [-0.25, -0.2) is 0 Å². The van der Waals surface area contributed by atoms with Gasteiger partial charge in [-0.3, -0.25) is 9.36 Å². The highest BCUT2D eigenvalue weighted by molar-refractivity contribution is 7.50. The molecule has 25 heavy (non-hydrogen) atoms. The van der Waals surface area contributed by atoms with Gasteiger partial charge in [-0.2, -0.15) is 0 Å². The average molecular weight is 362 g/mol. The monoisotopic (exact) mass is 362 g/mol. The summed E-state index contributed by atoms with van der Waals surface area (Å²) in [5.41, 5.74) is 8.71. The maximum atomic E-state index is 12.7. The van der Waals surface area contributed by atoms with Crippen molar-refractivity contribution in [2.45, 2.75) is 19.6 Å². The first-order chi connectivity index (χ1) is 11.8. The number of benzene rings is 2. The number of aryl methyl sites for hydroxylation is 1. The minimum absolute atomic E-state index is 0.0894. The largest absolute Gasteiger partial charge is 0.333 e. The predicted octanol–water partition coefficient (Wildman–Crippen LogP) is 2.27. The Balaban J connectivity index is 2.13. The van der Waals surface area contributed by atoms with Crippen LogP contribution in [0, 0.1) is 6.92 Å². The van der Waals surface area contributed by atoms with Crippen molar-refractivity contribution in [1.82, 2.24) is 4.90 Å². The number of hydrogen-bond acceptors (Lipinski definition) is 3. The smallest absolute Gasteiger partial charge is 0.329 e. The lowest BCUT2D eigenvalue weighted by molar-refractivity contribution is 0.0748. The molecule has 4 N–H and O–H groups in total. The molecule has 0 aliphatic rings. The van der Waals surface area contributed by atoms with Gasteiger partial charge in [0.25, 0.3) is 5.91 Å². The van der Waals surface area contributed by atoms with Crippen molar-refractivity contribution < 1.29 is 19.1 Å². The Bertz CT molecular complexity index is 771. The summed E-state index contributed by atoms with van der Waals surface area (Å²) in [6.07, 6.45) is -0.290. The van der Waals surface area contributed by atoms with Crippen LogP contribution in [0.15, 0.2) is 48.5 Å². The van der Waals surface area contributed by atoms with Gasteiger partial charge in [-0.15, -0.1) is 0 Å². The first-order valence-electron chi connectivity index (χ1n) is 7.97.